The van der Waals surface area contributed by atoms with Gasteiger partial charge in [0.15, 0.2) is 0 Å². The first-order valence-electron chi connectivity index (χ1n) is 8.62. The van der Waals surface area contributed by atoms with Gasteiger partial charge in [0.2, 0.25) is 0 Å². The van der Waals surface area contributed by atoms with E-state index in [1.54, 1.807) is 0 Å². The van der Waals surface area contributed by atoms with E-state index in [1.807, 2.05) is 18.2 Å². The van der Waals surface area contributed by atoms with Crippen molar-refractivity contribution in [3.63, 3.8) is 0 Å². The lowest BCUT2D eigenvalue weighted by molar-refractivity contribution is 0.199. The Bertz CT molecular complexity index is 420. The van der Waals surface area contributed by atoms with Gasteiger partial charge in [-0.15, -0.1) is 0 Å². The molecule has 1 rings (SSSR count). The molecular weight excluding hydrogens is 295 g/mol. The van der Waals surface area contributed by atoms with Gasteiger partial charge < -0.3 is 9.05 Å². The monoisotopic (exact) mass is 326 g/mol. The molecule has 0 bridgehead atoms. The average Bonchev–Trinajstić information content (AvgIpc) is 2.55. The summed E-state index contributed by atoms with van der Waals surface area (Å²) in [6.07, 6.45) is 7.48. The Morgan fingerprint density at radius 3 is 2.14 bits per heavy atom. The zero-order chi connectivity index (χ0) is 16.1. The summed E-state index contributed by atoms with van der Waals surface area (Å²) in [4.78, 5) is 0. The number of aryl methyl sites for hydroxylation is 1. The highest BCUT2D eigenvalue weighted by molar-refractivity contribution is 7.53. The lowest BCUT2D eigenvalue weighted by Gasteiger charge is -2.18. The van der Waals surface area contributed by atoms with Gasteiger partial charge in [-0.05, 0) is 31.2 Å². The van der Waals surface area contributed by atoms with Crippen LogP contribution in [0.25, 0.3) is 0 Å². The first-order valence-corrected chi connectivity index (χ1v) is 10.3. The molecule has 0 fully saturated rings. The van der Waals surface area contributed by atoms with Gasteiger partial charge in [0.25, 0.3) is 0 Å². The summed E-state index contributed by atoms with van der Waals surface area (Å²) in [5.74, 6) is 0. The molecule has 0 radical (unpaired) electrons. The van der Waals surface area contributed by atoms with Crippen molar-refractivity contribution in [3.8, 4) is 0 Å². The maximum absolute atomic E-state index is 12.7. The summed E-state index contributed by atoms with van der Waals surface area (Å²) >= 11 is 0. The molecule has 0 saturated heterocycles. The van der Waals surface area contributed by atoms with Gasteiger partial charge in [-0.1, -0.05) is 63.4 Å². The van der Waals surface area contributed by atoms with Crippen LogP contribution in [0.2, 0.25) is 0 Å². The van der Waals surface area contributed by atoms with Crippen molar-refractivity contribution in [2.24, 2.45) is 0 Å². The zero-order valence-corrected chi connectivity index (χ0v) is 15.0. The number of hydrogen-bond acceptors (Lipinski definition) is 3. The first-order chi connectivity index (χ1) is 10.7. The molecule has 0 amide bonds. The Kier molecular flexibility index (Phi) is 10.5. The molecule has 0 aliphatic heterocycles. The molecule has 1 aromatic carbocycles. The normalized spacial score (nSPS) is 13.9. The molecule has 0 spiro atoms. The van der Waals surface area contributed by atoms with Crippen molar-refractivity contribution in [1.82, 2.24) is 0 Å². The van der Waals surface area contributed by atoms with Gasteiger partial charge in [-0.2, -0.15) is 0 Å². The summed E-state index contributed by atoms with van der Waals surface area (Å²) in [5.41, 5.74) is 1.29. The Hall–Kier alpha value is -0.630. The molecule has 0 saturated carbocycles. The highest BCUT2D eigenvalue weighted by Crippen LogP contribution is 2.49. The predicted octanol–water partition coefficient (Wildman–Crippen LogP) is 5.84. The van der Waals surface area contributed by atoms with Crippen molar-refractivity contribution in [2.45, 2.75) is 58.8 Å². The lowest BCUT2D eigenvalue weighted by Crippen LogP contribution is -2.04. The molecule has 4 heteroatoms. The standard InChI is InChI=1S/C18H31O3P/c1-3-5-10-15-20-22(19,17-6-4-2)21-16-11-14-18-12-8-7-9-13-18/h7-9,12-13H,3-6,10-11,14-17H2,1-2H3. The minimum atomic E-state index is -2.90. The molecule has 0 aliphatic carbocycles. The largest absolute Gasteiger partial charge is 0.330 e. The van der Waals surface area contributed by atoms with E-state index in [0.29, 0.717) is 19.4 Å². The second-order valence-electron chi connectivity index (χ2n) is 5.65. The molecule has 1 aromatic rings. The molecule has 0 aliphatic rings. The maximum atomic E-state index is 12.7. The fraction of sp³-hybridized carbons (Fsp3) is 0.667. The van der Waals surface area contributed by atoms with E-state index in [2.05, 4.69) is 26.0 Å². The SMILES string of the molecule is CCCCCOP(=O)(CCCC)OCCCc1ccccc1. The number of unbranched alkanes of at least 4 members (excludes halogenated alkanes) is 3. The smallest absolute Gasteiger partial charge is 0.309 e. The number of rotatable bonds is 13. The van der Waals surface area contributed by atoms with Gasteiger partial charge >= 0.3 is 7.60 Å². The fourth-order valence-corrected chi connectivity index (χ4v) is 4.05. The molecule has 1 unspecified atom stereocenters. The molecule has 0 heterocycles. The van der Waals surface area contributed by atoms with Crippen molar-refractivity contribution < 1.29 is 13.6 Å². The van der Waals surface area contributed by atoms with Crippen LogP contribution in [0.15, 0.2) is 30.3 Å². The van der Waals surface area contributed by atoms with Crippen molar-refractivity contribution in [1.29, 1.82) is 0 Å². The van der Waals surface area contributed by atoms with Gasteiger partial charge in [-0.25, -0.2) is 0 Å². The minimum Gasteiger partial charge on any atom is -0.309 e. The van der Waals surface area contributed by atoms with Crippen LogP contribution in [0, 0.1) is 0 Å². The van der Waals surface area contributed by atoms with Crippen LogP contribution in [-0.4, -0.2) is 19.4 Å². The Morgan fingerprint density at radius 2 is 1.50 bits per heavy atom. The highest BCUT2D eigenvalue weighted by atomic mass is 31.2. The summed E-state index contributed by atoms with van der Waals surface area (Å²) in [5, 5.41) is 0. The quantitative estimate of drug-likeness (QED) is 0.337. The summed E-state index contributed by atoms with van der Waals surface area (Å²) < 4.78 is 24.0. The Labute approximate surface area is 136 Å². The lowest BCUT2D eigenvalue weighted by atomic mass is 10.1. The van der Waals surface area contributed by atoms with Crippen LogP contribution in [0.1, 0.15) is 57.9 Å². The Balaban J connectivity index is 2.31. The third kappa shape index (κ3) is 8.73. The number of benzene rings is 1. The third-order valence-corrected chi connectivity index (χ3v) is 5.58. The van der Waals surface area contributed by atoms with Gasteiger partial charge in [0.1, 0.15) is 0 Å². The fourth-order valence-electron chi connectivity index (χ4n) is 2.20. The van der Waals surface area contributed by atoms with E-state index in [-0.39, 0.29) is 0 Å². The molecule has 0 N–H and O–H groups in total. The molecular formula is C18H31O3P. The first kappa shape index (κ1) is 19.4. The van der Waals surface area contributed by atoms with E-state index in [4.69, 9.17) is 9.05 Å². The van der Waals surface area contributed by atoms with E-state index >= 15 is 0 Å². The number of hydrogen-bond donors (Lipinski definition) is 0. The van der Waals surface area contributed by atoms with Crippen LogP contribution < -0.4 is 0 Å². The van der Waals surface area contributed by atoms with Crippen molar-refractivity contribution in [2.75, 3.05) is 19.4 Å². The van der Waals surface area contributed by atoms with Crippen LogP contribution >= 0.6 is 7.60 Å². The molecule has 3 nitrogen and oxygen atoms in total. The van der Waals surface area contributed by atoms with Crippen LogP contribution in [-0.2, 0) is 20.0 Å². The average molecular weight is 326 g/mol. The molecule has 0 aromatic heterocycles. The summed E-state index contributed by atoms with van der Waals surface area (Å²) in [6.45, 7) is 5.30. The topological polar surface area (TPSA) is 35.5 Å². The van der Waals surface area contributed by atoms with Crippen LogP contribution in [0.4, 0.5) is 0 Å². The van der Waals surface area contributed by atoms with E-state index in [1.165, 1.54) is 5.56 Å². The van der Waals surface area contributed by atoms with Crippen LogP contribution in [0.5, 0.6) is 0 Å². The minimum absolute atomic E-state index is 0.504. The zero-order valence-electron chi connectivity index (χ0n) is 14.1. The maximum Gasteiger partial charge on any atom is 0.330 e. The second-order valence-corrected chi connectivity index (χ2v) is 7.84. The van der Waals surface area contributed by atoms with Gasteiger partial charge in [0, 0.05) is 0 Å². The van der Waals surface area contributed by atoms with E-state index < -0.39 is 7.60 Å². The highest BCUT2D eigenvalue weighted by Gasteiger charge is 2.23. The summed E-state index contributed by atoms with van der Waals surface area (Å²) in [7, 11) is -2.90. The van der Waals surface area contributed by atoms with Crippen molar-refractivity contribution in [3.05, 3.63) is 35.9 Å². The third-order valence-electron chi connectivity index (χ3n) is 3.56. The second kappa shape index (κ2) is 11.9. The predicted molar refractivity (Wildman–Crippen MR) is 93.6 cm³/mol. The summed E-state index contributed by atoms with van der Waals surface area (Å²) in [6, 6.07) is 10.3. The van der Waals surface area contributed by atoms with E-state index in [9.17, 15) is 4.57 Å². The molecule has 126 valence electrons. The van der Waals surface area contributed by atoms with Crippen LogP contribution in [0.3, 0.4) is 0 Å². The van der Waals surface area contributed by atoms with Crippen molar-refractivity contribution >= 4 is 7.60 Å². The Morgan fingerprint density at radius 1 is 0.864 bits per heavy atom. The van der Waals surface area contributed by atoms with Gasteiger partial charge in [-0.3, -0.25) is 4.57 Å². The molecule has 1 atom stereocenters. The van der Waals surface area contributed by atoms with Gasteiger partial charge in [0.05, 0.1) is 19.4 Å². The van der Waals surface area contributed by atoms with E-state index in [0.717, 1.165) is 44.9 Å². The molecule has 22 heavy (non-hydrogen) atoms.